The number of aryl methyl sites for hydroxylation is 1. The SMILES string of the molecule is Cc1c(C(C)C)nc2sccn12. The minimum Gasteiger partial charge on any atom is -0.295 e. The molecule has 0 bridgehead atoms. The molecule has 0 aliphatic rings. The molecule has 2 heterocycles. The first kappa shape index (κ1) is 7.80. The van der Waals surface area contributed by atoms with E-state index in [4.69, 9.17) is 0 Å². The van der Waals surface area contributed by atoms with Crippen LogP contribution >= 0.6 is 11.3 Å². The van der Waals surface area contributed by atoms with Crippen LogP contribution in [0.4, 0.5) is 0 Å². The molecular weight excluding hydrogens is 168 g/mol. The second-order valence-corrected chi connectivity index (χ2v) is 4.17. The Labute approximate surface area is 75.9 Å². The quantitative estimate of drug-likeness (QED) is 0.659. The summed E-state index contributed by atoms with van der Waals surface area (Å²) in [5.41, 5.74) is 2.50. The molecule has 12 heavy (non-hydrogen) atoms. The lowest BCUT2D eigenvalue weighted by Gasteiger charge is -2.00. The maximum atomic E-state index is 4.55. The molecule has 64 valence electrons. The van der Waals surface area contributed by atoms with Gasteiger partial charge in [0.1, 0.15) is 0 Å². The molecule has 0 saturated heterocycles. The van der Waals surface area contributed by atoms with E-state index in [1.54, 1.807) is 11.3 Å². The lowest BCUT2D eigenvalue weighted by atomic mass is 10.1. The first-order valence-electron chi connectivity index (χ1n) is 4.12. The van der Waals surface area contributed by atoms with Gasteiger partial charge >= 0.3 is 0 Å². The Morgan fingerprint density at radius 2 is 2.25 bits per heavy atom. The van der Waals surface area contributed by atoms with Crippen molar-refractivity contribution < 1.29 is 0 Å². The van der Waals surface area contributed by atoms with E-state index in [1.165, 1.54) is 11.4 Å². The maximum Gasteiger partial charge on any atom is 0.194 e. The molecule has 2 aromatic heterocycles. The van der Waals surface area contributed by atoms with Crippen LogP contribution in [0.3, 0.4) is 0 Å². The van der Waals surface area contributed by atoms with Crippen LogP contribution in [0, 0.1) is 6.92 Å². The minimum atomic E-state index is 0.525. The van der Waals surface area contributed by atoms with Gasteiger partial charge in [-0.1, -0.05) is 13.8 Å². The Bertz CT molecular complexity index is 397. The fourth-order valence-corrected chi connectivity index (χ4v) is 2.23. The number of fused-ring (bicyclic) bond motifs is 1. The molecule has 0 aliphatic heterocycles. The van der Waals surface area contributed by atoms with Crippen molar-refractivity contribution in [2.75, 3.05) is 0 Å². The summed E-state index contributed by atoms with van der Waals surface area (Å²) in [7, 11) is 0. The van der Waals surface area contributed by atoms with Crippen LogP contribution in [0.25, 0.3) is 4.96 Å². The summed E-state index contributed by atoms with van der Waals surface area (Å²) in [6.45, 7) is 6.49. The highest BCUT2D eigenvalue weighted by molar-refractivity contribution is 7.15. The van der Waals surface area contributed by atoms with Crippen LogP contribution in [0.2, 0.25) is 0 Å². The second-order valence-electron chi connectivity index (χ2n) is 3.29. The Balaban J connectivity index is 2.70. The van der Waals surface area contributed by atoms with E-state index in [9.17, 15) is 0 Å². The van der Waals surface area contributed by atoms with Crippen LogP contribution in [0.1, 0.15) is 31.2 Å². The van der Waals surface area contributed by atoms with Gasteiger partial charge in [0.25, 0.3) is 0 Å². The number of hydrogen-bond donors (Lipinski definition) is 0. The molecule has 2 nitrogen and oxygen atoms in total. The number of hydrogen-bond acceptors (Lipinski definition) is 2. The molecule has 2 rings (SSSR count). The third kappa shape index (κ3) is 0.966. The van der Waals surface area contributed by atoms with Gasteiger partial charge in [0.05, 0.1) is 5.69 Å². The van der Waals surface area contributed by atoms with Gasteiger partial charge in [-0.2, -0.15) is 0 Å². The monoisotopic (exact) mass is 180 g/mol. The number of thiazole rings is 1. The molecule has 0 aliphatic carbocycles. The average Bonchev–Trinajstić information content (AvgIpc) is 2.53. The molecule has 3 heteroatoms. The molecule has 2 aromatic rings. The molecule has 0 radical (unpaired) electrons. The number of aromatic nitrogens is 2. The van der Waals surface area contributed by atoms with Gasteiger partial charge in [-0.05, 0) is 12.8 Å². The van der Waals surface area contributed by atoms with Crippen LogP contribution in [0.5, 0.6) is 0 Å². The van der Waals surface area contributed by atoms with E-state index in [1.807, 2.05) is 0 Å². The van der Waals surface area contributed by atoms with Gasteiger partial charge in [-0.15, -0.1) is 11.3 Å². The highest BCUT2D eigenvalue weighted by atomic mass is 32.1. The van der Waals surface area contributed by atoms with Gasteiger partial charge in [-0.25, -0.2) is 4.98 Å². The predicted octanol–water partition coefficient (Wildman–Crippen LogP) is 2.83. The molecule has 0 amide bonds. The van der Waals surface area contributed by atoms with Crippen LogP contribution in [0.15, 0.2) is 11.6 Å². The molecule has 0 saturated carbocycles. The van der Waals surface area contributed by atoms with Gasteiger partial charge in [-0.3, -0.25) is 4.40 Å². The third-order valence-corrected chi connectivity index (χ3v) is 2.84. The Kier molecular flexibility index (Phi) is 1.68. The lowest BCUT2D eigenvalue weighted by Crippen LogP contribution is -1.91. The maximum absolute atomic E-state index is 4.55. The van der Waals surface area contributed by atoms with E-state index in [-0.39, 0.29) is 0 Å². The highest BCUT2D eigenvalue weighted by Gasteiger charge is 2.11. The van der Waals surface area contributed by atoms with Crippen molar-refractivity contribution in [3.63, 3.8) is 0 Å². The zero-order valence-corrected chi connectivity index (χ0v) is 8.35. The van der Waals surface area contributed by atoms with Crippen molar-refractivity contribution in [2.45, 2.75) is 26.7 Å². The van der Waals surface area contributed by atoms with Gasteiger partial charge < -0.3 is 0 Å². The summed E-state index contributed by atoms with van der Waals surface area (Å²) in [5.74, 6) is 0.525. The van der Waals surface area contributed by atoms with Crippen molar-refractivity contribution in [3.05, 3.63) is 23.0 Å². The molecule has 0 fully saturated rings. The fraction of sp³-hybridized carbons (Fsp3) is 0.444. The topological polar surface area (TPSA) is 17.3 Å². The second kappa shape index (κ2) is 2.59. The number of rotatable bonds is 1. The van der Waals surface area contributed by atoms with E-state index in [2.05, 4.69) is 41.7 Å². The van der Waals surface area contributed by atoms with Gasteiger partial charge in [0, 0.05) is 17.3 Å². The average molecular weight is 180 g/mol. The zero-order chi connectivity index (χ0) is 8.72. The van der Waals surface area contributed by atoms with Crippen LogP contribution in [-0.2, 0) is 0 Å². The smallest absolute Gasteiger partial charge is 0.194 e. The molecule has 0 unspecified atom stereocenters. The van der Waals surface area contributed by atoms with Crippen molar-refractivity contribution in [1.29, 1.82) is 0 Å². The molecule has 0 aromatic carbocycles. The largest absolute Gasteiger partial charge is 0.295 e. The summed E-state index contributed by atoms with van der Waals surface area (Å²) in [5, 5.41) is 2.07. The first-order chi connectivity index (χ1) is 5.70. The summed E-state index contributed by atoms with van der Waals surface area (Å²) in [6.07, 6.45) is 2.08. The lowest BCUT2D eigenvalue weighted by molar-refractivity contribution is 0.821. The van der Waals surface area contributed by atoms with Crippen molar-refractivity contribution >= 4 is 16.3 Å². The van der Waals surface area contributed by atoms with E-state index in [0.29, 0.717) is 5.92 Å². The van der Waals surface area contributed by atoms with Crippen molar-refractivity contribution in [1.82, 2.24) is 9.38 Å². The van der Waals surface area contributed by atoms with Crippen LogP contribution in [-0.4, -0.2) is 9.38 Å². The summed E-state index contributed by atoms with van der Waals surface area (Å²) < 4.78 is 2.15. The molecule has 0 N–H and O–H groups in total. The van der Waals surface area contributed by atoms with E-state index < -0.39 is 0 Å². The Morgan fingerprint density at radius 1 is 1.50 bits per heavy atom. The normalized spacial score (nSPS) is 11.7. The Morgan fingerprint density at radius 3 is 2.83 bits per heavy atom. The molecule has 0 spiro atoms. The summed E-state index contributed by atoms with van der Waals surface area (Å²) >= 11 is 1.69. The first-order valence-corrected chi connectivity index (χ1v) is 5.00. The fourth-order valence-electron chi connectivity index (χ4n) is 1.46. The molecular formula is C9H12N2S. The third-order valence-electron chi connectivity index (χ3n) is 2.08. The van der Waals surface area contributed by atoms with Crippen molar-refractivity contribution in [2.24, 2.45) is 0 Å². The Hall–Kier alpha value is -0.830. The number of imidazole rings is 1. The predicted molar refractivity (Wildman–Crippen MR) is 51.9 cm³/mol. The standard InChI is InChI=1S/C9H12N2S/c1-6(2)8-7(3)11-4-5-12-9(11)10-8/h4-6H,1-3H3. The minimum absolute atomic E-state index is 0.525. The summed E-state index contributed by atoms with van der Waals surface area (Å²) in [4.78, 5) is 5.66. The van der Waals surface area contributed by atoms with E-state index >= 15 is 0 Å². The van der Waals surface area contributed by atoms with Gasteiger partial charge in [0.15, 0.2) is 4.96 Å². The van der Waals surface area contributed by atoms with Crippen molar-refractivity contribution in [3.8, 4) is 0 Å². The zero-order valence-electron chi connectivity index (χ0n) is 7.53. The highest BCUT2D eigenvalue weighted by Crippen LogP contribution is 2.22. The number of nitrogens with zero attached hydrogens (tertiary/aromatic N) is 2. The summed E-state index contributed by atoms with van der Waals surface area (Å²) in [6, 6.07) is 0. The van der Waals surface area contributed by atoms with E-state index in [0.717, 1.165) is 4.96 Å². The van der Waals surface area contributed by atoms with Gasteiger partial charge in [0.2, 0.25) is 0 Å². The van der Waals surface area contributed by atoms with Crippen LogP contribution < -0.4 is 0 Å². The molecule has 0 atom stereocenters.